The summed E-state index contributed by atoms with van der Waals surface area (Å²) >= 11 is 1.75. The number of para-hydroxylation sites is 1. The Bertz CT molecular complexity index is 817. The summed E-state index contributed by atoms with van der Waals surface area (Å²) < 4.78 is 0. The molecule has 0 saturated heterocycles. The number of primary amides is 1. The molecular formula is C18H17N3OS. The van der Waals surface area contributed by atoms with Gasteiger partial charge in [0.2, 0.25) is 5.91 Å². The summed E-state index contributed by atoms with van der Waals surface area (Å²) in [5.74, 6) is -0.318. The average Bonchev–Trinajstić information content (AvgIpc) is 3.04. The molecule has 0 aliphatic carbocycles. The quantitative estimate of drug-likeness (QED) is 0.943. The lowest BCUT2D eigenvalue weighted by atomic mass is 10.1. The number of hydrogen-bond donors (Lipinski definition) is 1. The number of carbonyl (C=O) groups excluding carboxylic acids is 1. The van der Waals surface area contributed by atoms with Crippen LogP contribution in [0.5, 0.6) is 0 Å². The molecule has 0 saturated carbocycles. The number of amides is 1. The molecule has 4 rings (SSSR count). The molecule has 0 spiro atoms. The largest absolute Gasteiger partial charge is 0.368 e. The van der Waals surface area contributed by atoms with Gasteiger partial charge in [-0.2, -0.15) is 0 Å². The van der Waals surface area contributed by atoms with Crippen molar-refractivity contribution < 1.29 is 4.79 Å². The van der Waals surface area contributed by atoms with E-state index < -0.39 is 0 Å². The Balaban J connectivity index is 1.79. The fourth-order valence-electron chi connectivity index (χ4n) is 3.11. The van der Waals surface area contributed by atoms with E-state index in [9.17, 15) is 4.79 Å². The molecular weight excluding hydrogens is 306 g/mol. The first-order valence-corrected chi connectivity index (χ1v) is 8.39. The van der Waals surface area contributed by atoms with Crippen LogP contribution in [-0.4, -0.2) is 22.8 Å². The number of nitrogens with zero attached hydrogens (tertiary/aromatic N) is 2. The highest BCUT2D eigenvalue weighted by Crippen LogP contribution is 2.50. The molecule has 0 bridgehead atoms. The Morgan fingerprint density at radius 2 is 2.04 bits per heavy atom. The summed E-state index contributed by atoms with van der Waals surface area (Å²) in [4.78, 5) is 17.1. The third-order valence-corrected chi connectivity index (χ3v) is 5.38. The molecule has 2 aromatic rings. The van der Waals surface area contributed by atoms with E-state index in [0.717, 1.165) is 11.3 Å². The molecule has 116 valence electrons. The zero-order valence-electron chi connectivity index (χ0n) is 12.8. The summed E-state index contributed by atoms with van der Waals surface area (Å²) in [6, 6.07) is 16.6. The molecule has 1 unspecified atom stereocenters. The monoisotopic (exact) mass is 323 g/mol. The fourth-order valence-corrected chi connectivity index (χ4v) is 4.39. The number of carbonyl (C=O) groups is 1. The first kappa shape index (κ1) is 14.2. The molecule has 1 atom stereocenters. The molecule has 2 aliphatic rings. The molecule has 0 fully saturated rings. The minimum absolute atomic E-state index is 0.0513. The number of anilines is 1. The van der Waals surface area contributed by atoms with Gasteiger partial charge < -0.3 is 15.5 Å². The smallest absolute Gasteiger partial charge is 0.237 e. The van der Waals surface area contributed by atoms with Crippen LogP contribution in [0.4, 0.5) is 5.69 Å². The Labute approximate surface area is 139 Å². The standard InChI is InChI=1S/C18H17N3OS/c1-12-5-4-6-13(9-12)15-10-20-14-7-2-3-8-16(14)23-18(20)21(15)11-17(19)22/h2-10,18H,11H2,1H3,(H2,19,22). The van der Waals surface area contributed by atoms with Gasteiger partial charge >= 0.3 is 0 Å². The Kier molecular flexibility index (Phi) is 3.31. The van der Waals surface area contributed by atoms with E-state index in [0.29, 0.717) is 0 Å². The molecule has 5 heteroatoms. The predicted molar refractivity (Wildman–Crippen MR) is 93.6 cm³/mol. The van der Waals surface area contributed by atoms with Gasteiger partial charge in [-0.25, -0.2) is 0 Å². The number of hydrogen-bond acceptors (Lipinski definition) is 4. The van der Waals surface area contributed by atoms with Gasteiger partial charge in [0.05, 0.1) is 17.9 Å². The molecule has 2 aliphatic heterocycles. The number of rotatable bonds is 3. The number of benzene rings is 2. The van der Waals surface area contributed by atoms with Gasteiger partial charge in [-0.05, 0) is 30.7 Å². The highest BCUT2D eigenvalue weighted by Gasteiger charge is 2.40. The van der Waals surface area contributed by atoms with Crippen molar-refractivity contribution in [2.24, 2.45) is 5.73 Å². The second-order valence-corrected chi connectivity index (χ2v) is 6.89. The van der Waals surface area contributed by atoms with Gasteiger partial charge in [0, 0.05) is 11.1 Å². The van der Waals surface area contributed by atoms with Crippen LogP contribution in [0.1, 0.15) is 11.1 Å². The predicted octanol–water partition coefficient (Wildman–Crippen LogP) is 2.99. The van der Waals surface area contributed by atoms with Crippen LogP contribution in [0.15, 0.2) is 59.6 Å². The van der Waals surface area contributed by atoms with Gasteiger partial charge in [-0.3, -0.25) is 4.79 Å². The van der Waals surface area contributed by atoms with Crippen molar-refractivity contribution in [2.75, 3.05) is 11.4 Å². The second kappa shape index (κ2) is 5.35. The maximum atomic E-state index is 11.6. The van der Waals surface area contributed by atoms with E-state index >= 15 is 0 Å². The van der Waals surface area contributed by atoms with Crippen LogP contribution in [-0.2, 0) is 4.79 Å². The maximum absolute atomic E-state index is 11.6. The molecule has 4 nitrogen and oxygen atoms in total. The van der Waals surface area contributed by atoms with Crippen LogP contribution in [0.2, 0.25) is 0 Å². The lowest BCUT2D eigenvalue weighted by Crippen LogP contribution is -2.39. The van der Waals surface area contributed by atoms with Gasteiger partial charge in [-0.1, -0.05) is 47.7 Å². The molecule has 23 heavy (non-hydrogen) atoms. The van der Waals surface area contributed by atoms with E-state index in [1.165, 1.54) is 16.1 Å². The summed E-state index contributed by atoms with van der Waals surface area (Å²) in [6.45, 7) is 2.28. The first-order valence-electron chi connectivity index (χ1n) is 7.51. The summed E-state index contributed by atoms with van der Waals surface area (Å²) in [6.07, 6.45) is 2.13. The molecule has 2 heterocycles. The fraction of sp³-hybridized carbons (Fsp3) is 0.167. The van der Waals surface area contributed by atoms with Gasteiger partial charge in [0.1, 0.15) is 0 Å². The zero-order chi connectivity index (χ0) is 16.0. The van der Waals surface area contributed by atoms with Crippen molar-refractivity contribution in [1.82, 2.24) is 4.90 Å². The van der Waals surface area contributed by atoms with E-state index in [1.54, 1.807) is 11.8 Å². The highest BCUT2D eigenvalue weighted by atomic mass is 32.2. The Morgan fingerprint density at radius 1 is 1.22 bits per heavy atom. The van der Waals surface area contributed by atoms with Crippen LogP contribution in [0.3, 0.4) is 0 Å². The Morgan fingerprint density at radius 3 is 2.83 bits per heavy atom. The molecule has 2 N–H and O–H groups in total. The van der Waals surface area contributed by atoms with Crippen molar-refractivity contribution >= 4 is 29.1 Å². The van der Waals surface area contributed by atoms with Gasteiger partial charge in [0.25, 0.3) is 0 Å². The van der Waals surface area contributed by atoms with E-state index in [2.05, 4.69) is 53.3 Å². The first-order chi connectivity index (χ1) is 11.1. The highest BCUT2D eigenvalue weighted by molar-refractivity contribution is 8.00. The maximum Gasteiger partial charge on any atom is 0.237 e. The lowest BCUT2D eigenvalue weighted by molar-refractivity contribution is -0.118. The van der Waals surface area contributed by atoms with E-state index in [-0.39, 0.29) is 17.9 Å². The molecule has 2 aromatic carbocycles. The molecule has 1 amide bonds. The summed E-state index contributed by atoms with van der Waals surface area (Å²) in [5.41, 5.74) is 10.1. The number of fused-ring (bicyclic) bond motifs is 3. The van der Waals surface area contributed by atoms with E-state index in [4.69, 9.17) is 5.73 Å². The molecule has 0 radical (unpaired) electrons. The molecule has 0 aromatic heterocycles. The minimum atomic E-state index is -0.318. The minimum Gasteiger partial charge on any atom is -0.368 e. The van der Waals surface area contributed by atoms with Crippen molar-refractivity contribution in [1.29, 1.82) is 0 Å². The SMILES string of the molecule is Cc1cccc(C2=CN3c4ccccc4SC3N2CC(N)=O)c1. The Hall–Kier alpha value is -2.40. The topological polar surface area (TPSA) is 49.6 Å². The second-order valence-electron chi connectivity index (χ2n) is 5.80. The third-order valence-electron chi connectivity index (χ3n) is 4.09. The van der Waals surface area contributed by atoms with Crippen molar-refractivity contribution in [3.8, 4) is 0 Å². The van der Waals surface area contributed by atoms with Crippen molar-refractivity contribution in [2.45, 2.75) is 17.3 Å². The van der Waals surface area contributed by atoms with Gasteiger partial charge in [-0.15, -0.1) is 0 Å². The van der Waals surface area contributed by atoms with Crippen LogP contribution in [0, 0.1) is 6.92 Å². The normalized spacial score (nSPS) is 18.7. The van der Waals surface area contributed by atoms with Gasteiger partial charge in [0.15, 0.2) is 5.50 Å². The lowest BCUT2D eigenvalue weighted by Gasteiger charge is -2.28. The zero-order valence-corrected chi connectivity index (χ0v) is 13.6. The number of thioether (sulfide) groups is 1. The number of nitrogens with two attached hydrogens (primary N) is 1. The number of aryl methyl sites for hydroxylation is 1. The summed E-state index contributed by atoms with van der Waals surface area (Å²) in [5, 5.41) is 0. The third kappa shape index (κ3) is 2.37. The van der Waals surface area contributed by atoms with Crippen LogP contribution < -0.4 is 10.6 Å². The average molecular weight is 323 g/mol. The van der Waals surface area contributed by atoms with Crippen molar-refractivity contribution in [3.05, 3.63) is 65.9 Å². The van der Waals surface area contributed by atoms with Crippen LogP contribution >= 0.6 is 11.8 Å². The van der Waals surface area contributed by atoms with Crippen LogP contribution in [0.25, 0.3) is 5.70 Å². The summed E-state index contributed by atoms with van der Waals surface area (Å²) in [7, 11) is 0. The van der Waals surface area contributed by atoms with Crippen molar-refractivity contribution in [3.63, 3.8) is 0 Å². The van der Waals surface area contributed by atoms with E-state index in [1.807, 2.05) is 18.2 Å².